The number of carbonyl (C=O) groups is 1. The number of likely N-dealkylation sites (N-methyl/N-ethyl adjacent to an activating group) is 1. The van der Waals surface area contributed by atoms with Gasteiger partial charge in [-0.1, -0.05) is 18.2 Å². The fraction of sp³-hybridized carbons (Fsp3) is 0.588. The van der Waals surface area contributed by atoms with E-state index in [0.29, 0.717) is 13.2 Å². The number of benzene rings is 1. The largest absolute Gasteiger partial charge is 0.384 e. The average molecular weight is 369 g/mol. The summed E-state index contributed by atoms with van der Waals surface area (Å²) in [5.74, 6) is -0.309. The molecular formula is C17H27N3O4S. The predicted molar refractivity (Wildman–Crippen MR) is 95.7 cm³/mol. The molecule has 1 aliphatic heterocycles. The molecule has 1 aromatic carbocycles. The first kappa shape index (κ1) is 19.8. The SMILES string of the molecule is COCC1(CNC(=O)CN(C)S(=O)(=O)c2ccccc2)CCNCC1. The van der Waals surface area contributed by atoms with Gasteiger partial charge in [-0.05, 0) is 38.1 Å². The molecule has 1 aliphatic rings. The zero-order chi connectivity index (χ0) is 18.3. The molecule has 0 saturated carbocycles. The van der Waals surface area contributed by atoms with Gasteiger partial charge in [0, 0.05) is 26.1 Å². The van der Waals surface area contributed by atoms with Crippen LogP contribution < -0.4 is 10.6 Å². The van der Waals surface area contributed by atoms with Gasteiger partial charge in [0.05, 0.1) is 18.0 Å². The van der Waals surface area contributed by atoms with Crippen molar-refractivity contribution >= 4 is 15.9 Å². The van der Waals surface area contributed by atoms with Gasteiger partial charge in [-0.2, -0.15) is 4.31 Å². The summed E-state index contributed by atoms with van der Waals surface area (Å²) in [5.41, 5.74) is -0.0907. The van der Waals surface area contributed by atoms with Crippen LogP contribution in [0.25, 0.3) is 0 Å². The van der Waals surface area contributed by atoms with Crippen LogP contribution in [0.2, 0.25) is 0 Å². The molecule has 2 N–H and O–H groups in total. The van der Waals surface area contributed by atoms with Gasteiger partial charge in [0.15, 0.2) is 0 Å². The lowest BCUT2D eigenvalue weighted by Crippen LogP contribution is -2.48. The van der Waals surface area contributed by atoms with Crippen LogP contribution in [0.3, 0.4) is 0 Å². The standard InChI is InChI=1S/C17H27N3O4S/c1-20(25(22,23)15-6-4-3-5-7-15)12-16(21)19-13-17(14-24-2)8-10-18-11-9-17/h3-7,18H,8-14H2,1-2H3,(H,19,21). The molecule has 0 atom stereocenters. The first-order chi connectivity index (χ1) is 11.9. The van der Waals surface area contributed by atoms with Crippen molar-refractivity contribution in [1.29, 1.82) is 0 Å². The lowest BCUT2D eigenvalue weighted by atomic mass is 9.79. The van der Waals surface area contributed by atoms with Crippen molar-refractivity contribution in [3.8, 4) is 0 Å². The van der Waals surface area contributed by atoms with E-state index >= 15 is 0 Å². The minimum absolute atomic E-state index is 0.0907. The molecule has 1 amide bonds. The Labute approximate surface area is 149 Å². The Balaban J connectivity index is 1.93. The van der Waals surface area contributed by atoms with Crippen molar-refractivity contribution in [2.45, 2.75) is 17.7 Å². The van der Waals surface area contributed by atoms with Gasteiger partial charge in [0.2, 0.25) is 15.9 Å². The molecule has 0 radical (unpaired) electrons. The maximum absolute atomic E-state index is 12.5. The van der Waals surface area contributed by atoms with Crippen LogP contribution in [0.5, 0.6) is 0 Å². The fourth-order valence-corrected chi connectivity index (χ4v) is 4.19. The number of methoxy groups -OCH3 is 1. The summed E-state index contributed by atoms with van der Waals surface area (Å²) < 4.78 is 31.3. The van der Waals surface area contributed by atoms with Crippen molar-refractivity contribution in [2.75, 3.05) is 46.9 Å². The second-order valence-corrected chi connectivity index (χ2v) is 8.58. The number of hydrogen-bond acceptors (Lipinski definition) is 5. The summed E-state index contributed by atoms with van der Waals surface area (Å²) in [7, 11) is -0.592. The summed E-state index contributed by atoms with van der Waals surface area (Å²) in [4.78, 5) is 12.4. The number of ether oxygens (including phenoxy) is 1. The van der Waals surface area contributed by atoms with Crippen LogP contribution in [-0.4, -0.2) is 65.6 Å². The third kappa shape index (κ3) is 5.24. The van der Waals surface area contributed by atoms with Gasteiger partial charge in [0.25, 0.3) is 0 Å². The van der Waals surface area contributed by atoms with Gasteiger partial charge in [-0.3, -0.25) is 4.79 Å². The Morgan fingerprint density at radius 2 is 1.92 bits per heavy atom. The molecular weight excluding hydrogens is 342 g/mol. The number of hydrogen-bond donors (Lipinski definition) is 2. The quantitative estimate of drug-likeness (QED) is 0.694. The molecule has 1 saturated heterocycles. The molecule has 0 aromatic heterocycles. The molecule has 1 aromatic rings. The average Bonchev–Trinajstić information content (AvgIpc) is 2.62. The van der Waals surface area contributed by atoms with E-state index in [2.05, 4.69) is 10.6 Å². The summed E-state index contributed by atoms with van der Waals surface area (Å²) in [6.45, 7) is 2.63. The lowest BCUT2D eigenvalue weighted by Gasteiger charge is -2.37. The van der Waals surface area contributed by atoms with Crippen molar-refractivity contribution in [1.82, 2.24) is 14.9 Å². The Morgan fingerprint density at radius 3 is 2.52 bits per heavy atom. The Bertz CT molecular complexity index is 652. The third-order valence-corrected chi connectivity index (χ3v) is 6.41. The van der Waals surface area contributed by atoms with Crippen molar-refractivity contribution < 1.29 is 17.9 Å². The highest BCUT2D eigenvalue weighted by Gasteiger charge is 2.33. The van der Waals surface area contributed by atoms with E-state index in [1.54, 1.807) is 25.3 Å². The minimum Gasteiger partial charge on any atom is -0.384 e. The van der Waals surface area contributed by atoms with Crippen LogP contribution in [0, 0.1) is 5.41 Å². The zero-order valence-corrected chi connectivity index (χ0v) is 15.6. The van der Waals surface area contributed by atoms with E-state index < -0.39 is 10.0 Å². The summed E-state index contributed by atoms with van der Waals surface area (Å²) in [5, 5.41) is 6.18. The predicted octanol–water partition coefficient (Wildman–Crippen LogP) is 0.440. The Kier molecular flexibility index (Phi) is 6.95. The molecule has 7 nitrogen and oxygen atoms in total. The summed E-state index contributed by atoms with van der Waals surface area (Å²) in [6, 6.07) is 8.11. The van der Waals surface area contributed by atoms with Gasteiger partial charge < -0.3 is 15.4 Å². The number of nitrogens with one attached hydrogen (secondary N) is 2. The molecule has 0 spiro atoms. The maximum atomic E-state index is 12.5. The van der Waals surface area contributed by atoms with Crippen LogP contribution >= 0.6 is 0 Å². The number of nitrogens with zero attached hydrogens (tertiary/aromatic N) is 1. The number of carbonyl (C=O) groups excluding carboxylic acids is 1. The van der Waals surface area contributed by atoms with Crippen LogP contribution in [-0.2, 0) is 19.6 Å². The van der Waals surface area contributed by atoms with Gasteiger partial charge >= 0.3 is 0 Å². The molecule has 1 fully saturated rings. The van der Waals surface area contributed by atoms with Crippen molar-refractivity contribution in [3.63, 3.8) is 0 Å². The second kappa shape index (κ2) is 8.75. The molecule has 2 rings (SSSR count). The maximum Gasteiger partial charge on any atom is 0.243 e. The van der Waals surface area contributed by atoms with E-state index in [1.165, 1.54) is 19.2 Å². The monoisotopic (exact) mass is 369 g/mol. The van der Waals surface area contributed by atoms with Crippen molar-refractivity contribution in [3.05, 3.63) is 30.3 Å². The Morgan fingerprint density at radius 1 is 1.28 bits per heavy atom. The lowest BCUT2D eigenvalue weighted by molar-refractivity contribution is -0.122. The highest BCUT2D eigenvalue weighted by Crippen LogP contribution is 2.28. The first-order valence-corrected chi connectivity index (χ1v) is 9.81. The molecule has 0 unspecified atom stereocenters. The number of sulfonamides is 1. The van der Waals surface area contributed by atoms with Gasteiger partial charge in [-0.25, -0.2) is 8.42 Å². The van der Waals surface area contributed by atoms with E-state index in [-0.39, 0.29) is 22.8 Å². The van der Waals surface area contributed by atoms with Crippen molar-refractivity contribution in [2.24, 2.45) is 5.41 Å². The fourth-order valence-electron chi connectivity index (χ4n) is 3.04. The summed E-state index contributed by atoms with van der Waals surface area (Å²) >= 11 is 0. The van der Waals surface area contributed by atoms with E-state index in [1.807, 2.05) is 0 Å². The van der Waals surface area contributed by atoms with Crippen LogP contribution in [0.4, 0.5) is 0 Å². The Hall–Kier alpha value is -1.48. The smallest absolute Gasteiger partial charge is 0.243 e. The second-order valence-electron chi connectivity index (χ2n) is 6.53. The van der Waals surface area contributed by atoms with E-state index in [0.717, 1.165) is 30.2 Å². The summed E-state index contributed by atoms with van der Waals surface area (Å²) in [6.07, 6.45) is 1.83. The molecule has 25 heavy (non-hydrogen) atoms. The first-order valence-electron chi connectivity index (χ1n) is 8.37. The number of piperidine rings is 1. The molecule has 140 valence electrons. The van der Waals surface area contributed by atoms with Crippen LogP contribution in [0.1, 0.15) is 12.8 Å². The van der Waals surface area contributed by atoms with Gasteiger partial charge in [0.1, 0.15) is 0 Å². The topological polar surface area (TPSA) is 87.7 Å². The highest BCUT2D eigenvalue weighted by atomic mass is 32.2. The molecule has 0 bridgehead atoms. The van der Waals surface area contributed by atoms with E-state index in [4.69, 9.17) is 4.74 Å². The van der Waals surface area contributed by atoms with Crippen LogP contribution in [0.15, 0.2) is 35.2 Å². The third-order valence-electron chi connectivity index (χ3n) is 4.59. The molecule has 0 aliphatic carbocycles. The van der Waals surface area contributed by atoms with E-state index in [9.17, 15) is 13.2 Å². The highest BCUT2D eigenvalue weighted by molar-refractivity contribution is 7.89. The normalized spacial score (nSPS) is 17.4. The minimum atomic E-state index is -3.66. The van der Waals surface area contributed by atoms with Gasteiger partial charge in [-0.15, -0.1) is 0 Å². The number of amides is 1. The molecule has 1 heterocycles. The molecule has 8 heteroatoms. The zero-order valence-electron chi connectivity index (χ0n) is 14.8. The number of rotatable bonds is 8.